The van der Waals surface area contributed by atoms with Gasteiger partial charge in [0.2, 0.25) is 0 Å². The van der Waals surface area contributed by atoms with Crippen LogP contribution >= 0.6 is 0 Å². The van der Waals surface area contributed by atoms with Gasteiger partial charge in [-0.1, -0.05) is 31.7 Å². The second kappa shape index (κ2) is 12.4. The van der Waals surface area contributed by atoms with Crippen LogP contribution in [0.15, 0.2) is 30.4 Å². The summed E-state index contributed by atoms with van der Waals surface area (Å²) in [4.78, 5) is 28.9. The van der Waals surface area contributed by atoms with E-state index >= 15 is 0 Å². The lowest BCUT2D eigenvalue weighted by Gasteiger charge is -2.16. The Balaban J connectivity index is 0. The van der Waals surface area contributed by atoms with Crippen molar-refractivity contribution in [1.82, 2.24) is 0 Å². The predicted molar refractivity (Wildman–Crippen MR) is 94.5 cm³/mol. The molecule has 0 radical (unpaired) electrons. The molecular weight excluding hydrogens is 328 g/mol. The summed E-state index contributed by atoms with van der Waals surface area (Å²) in [6.45, 7) is 11.9. The van der Waals surface area contributed by atoms with E-state index in [-0.39, 0.29) is 11.9 Å². The number of ether oxygens (including phenoxy) is 1. The molecule has 1 aromatic carbocycles. The normalized spacial score (nSPS) is 10.1. The second-order valence-electron chi connectivity index (χ2n) is 5.25. The molecule has 0 aromatic heterocycles. The van der Waals surface area contributed by atoms with Gasteiger partial charge in [-0.15, -0.1) is 0 Å². The highest BCUT2D eigenvalue weighted by atomic mass is 16.5. The number of primary amides is 2. The molecule has 0 spiro atoms. The van der Waals surface area contributed by atoms with E-state index in [0.717, 1.165) is 0 Å². The minimum absolute atomic E-state index is 0.207. The molecule has 1 atom stereocenters. The van der Waals surface area contributed by atoms with E-state index in [0.29, 0.717) is 12.2 Å². The first kappa shape index (κ1) is 24.2. The highest BCUT2D eigenvalue weighted by molar-refractivity contribution is 5.86. The zero-order valence-corrected chi connectivity index (χ0v) is 14.9. The summed E-state index contributed by atoms with van der Waals surface area (Å²) < 4.78 is 5.18. The lowest BCUT2D eigenvalue weighted by Crippen LogP contribution is -2.12. The first-order valence-electron chi connectivity index (χ1n) is 7.25. The van der Waals surface area contributed by atoms with Gasteiger partial charge in [0.15, 0.2) is 0 Å². The average molecular weight is 354 g/mol. The first-order valence-corrected chi connectivity index (χ1v) is 7.25. The summed E-state index contributed by atoms with van der Waals surface area (Å²) in [5.41, 5.74) is 12.3. The number of hydrogen-bond donors (Lipinski definition) is 4. The van der Waals surface area contributed by atoms with Gasteiger partial charge in [-0.05, 0) is 37.5 Å². The smallest absolute Gasteiger partial charge is 0.402 e. The molecule has 0 fully saturated rings. The van der Waals surface area contributed by atoms with Gasteiger partial charge >= 0.3 is 18.2 Å². The Labute approximate surface area is 147 Å². The molecule has 0 bridgehead atoms. The standard InChI is InChI=1S/C15H20O2.2CH3NO2/c1-10(2)15(16)17-9-12(4)14-8-6-7-11(3)13(14)5;2*2-1(3)4/h6-8,12H,1,9H2,2-5H3;2*2H2,(H,3,4). The third kappa shape index (κ3) is 13.1. The minimum atomic E-state index is -1.33. The largest absolute Gasteiger partial charge is 0.465 e. The van der Waals surface area contributed by atoms with E-state index in [1.54, 1.807) is 6.92 Å². The van der Waals surface area contributed by atoms with Crippen molar-refractivity contribution in [3.8, 4) is 0 Å². The summed E-state index contributed by atoms with van der Waals surface area (Å²) in [6, 6.07) is 6.21. The summed E-state index contributed by atoms with van der Waals surface area (Å²) in [5, 5.41) is 14.4. The molecule has 1 aromatic rings. The SMILES string of the molecule is C=C(C)C(=O)OCC(C)c1cccc(C)c1C.NC(=O)O.NC(=O)O. The fourth-order valence-corrected chi connectivity index (χ4v) is 1.72. The Morgan fingerprint density at radius 1 is 1.16 bits per heavy atom. The van der Waals surface area contributed by atoms with Crippen LogP contribution in [0.4, 0.5) is 9.59 Å². The molecule has 0 aliphatic carbocycles. The number of hydrogen-bond acceptors (Lipinski definition) is 4. The van der Waals surface area contributed by atoms with Crippen molar-refractivity contribution in [3.63, 3.8) is 0 Å². The Kier molecular flexibility index (Phi) is 12.0. The van der Waals surface area contributed by atoms with Gasteiger partial charge in [0, 0.05) is 11.5 Å². The molecule has 0 heterocycles. The topological polar surface area (TPSA) is 153 Å². The van der Waals surface area contributed by atoms with Crippen LogP contribution < -0.4 is 11.5 Å². The third-order valence-electron chi connectivity index (χ3n) is 2.99. The zero-order chi connectivity index (χ0) is 20.2. The van der Waals surface area contributed by atoms with E-state index in [9.17, 15) is 4.79 Å². The molecule has 140 valence electrons. The Morgan fingerprint density at radius 2 is 1.60 bits per heavy atom. The number of amides is 2. The summed E-state index contributed by atoms with van der Waals surface area (Å²) in [6.07, 6.45) is -2.67. The predicted octanol–water partition coefficient (Wildman–Crippen LogP) is 2.77. The van der Waals surface area contributed by atoms with E-state index in [1.807, 2.05) is 6.07 Å². The van der Waals surface area contributed by atoms with Crippen LogP contribution in [0.2, 0.25) is 0 Å². The molecule has 25 heavy (non-hydrogen) atoms. The maximum absolute atomic E-state index is 11.3. The number of aryl methyl sites for hydroxylation is 1. The van der Waals surface area contributed by atoms with Crippen molar-refractivity contribution in [1.29, 1.82) is 0 Å². The van der Waals surface area contributed by atoms with Crippen LogP contribution in [0.1, 0.15) is 36.5 Å². The van der Waals surface area contributed by atoms with Gasteiger partial charge in [-0.3, -0.25) is 0 Å². The first-order chi connectivity index (χ1) is 11.4. The molecule has 0 saturated heterocycles. The fourth-order valence-electron chi connectivity index (χ4n) is 1.72. The lowest BCUT2D eigenvalue weighted by atomic mass is 9.94. The van der Waals surface area contributed by atoms with Crippen molar-refractivity contribution < 1.29 is 29.3 Å². The van der Waals surface area contributed by atoms with Crippen molar-refractivity contribution in [3.05, 3.63) is 47.0 Å². The maximum Gasteiger partial charge on any atom is 0.402 e. The van der Waals surface area contributed by atoms with Crippen molar-refractivity contribution >= 4 is 18.2 Å². The molecule has 0 aliphatic heterocycles. The highest BCUT2D eigenvalue weighted by Crippen LogP contribution is 2.22. The average Bonchev–Trinajstić information content (AvgIpc) is 2.46. The number of carbonyl (C=O) groups excluding carboxylic acids is 1. The Bertz CT molecular complexity index is 593. The van der Waals surface area contributed by atoms with Crippen molar-refractivity contribution in [2.24, 2.45) is 11.5 Å². The second-order valence-corrected chi connectivity index (χ2v) is 5.25. The van der Waals surface area contributed by atoms with E-state index in [1.165, 1.54) is 16.7 Å². The van der Waals surface area contributed by atoms with Gasteiger partial charge in [0.25, 0.3) is 0 Å². The van der Waals surface area contributed by atoms with Crippen LogP contribution in [0, 0.1) is 13.8 Å². The van der Waals surface area contributed by atoms with E-state index < -0.39 is 12.2 Å². The number of benzene rings is 1. The van der Waals surface area contributed by atoms with Gasteiger partial charge < -0.3 is 26.4 Å². The van der Waals surface area contributed by atoms with E-state index in [4.69, 9.17) is 24.5 Å². The molecular formula is C17H26N2O6. The van der Waals surface area contributed by atoms with Gasteiger partial charge in [0.1, 0.15) is 0 Å². The number of rotatable bonds is 4. The monoisotopic (exact) mass is 354 g/mol. The van der Waals surface area contributed by atoms with Gasteiger partial charge in [-0.25, -0.2) is 14.4 Å². The van der Waals surface area contributed by atoms with Gasteiger partial charge in [-0.2, -0.15) is 0 Å². The van der Waals surface area contributed by atoms with Crippen LogP contribution in [0.3, 0.4) is 0 Å². The quantitative estimate of drug-likeness (QED) is 0.481. The van der Waals surface area contributed by atoms with Crippen molar-refractivity contribution in [2.45, 2.75) is 33.6 Å². The molecule has 1 unspecified atom stereocenters. The van der Waals surface area contributed by atoms with Crippen molar-refractivity contribution in [2.75, 3.05) is 6.61 Å². The number of nitrogens with two attached hydrogens (primary N) is 2. The molecule has 2 amide bonds. The number of esters is 1. The molecule has 6 N–H and O–H groups in total. The summed E-state index contributed by atoms with van der Waals surface area (Å²) >= 11 is 0. The molecule has 8 heteroatoms. The Morgan fingerprint density at radius 3 is 2.00 bits per heavy atom. The summed E-state index contributed by atoms with van der Waals surface area (Å²) in [7, 11) is 0. The maximum atomic E-state index is 11.3. The van der Waals surface area contributed by atoms with Crippen LogP contribution in [0.5, 0.6) is 0 Å². The molecule has 1 rings (SSSR count). The van der Waals surface area contributed by atoms with E-state index in [2.05, 4.69) is 51.0 Å². The molecule has 8 nitrogen and oxygen atoms in total. The van der Waals surface area contributed by atoms with Crippen LogP contribution in [-0.2, 0) is 9.53 Å². The third-order valence-corrected chi connectivity index (χ3v) is 2.99. The number of carbonyl (C=O) groups is 3. The van der Waals surface area contributed by atoms with Crippen LogP contribution in [-0.4, -0.2) is 35.0 Å². The minimum Gasteiger partial charge on any atom is -0.465 e. The lowest BCUT2D eigenvalue weighted by molar-refractivity contribution is -0.139. The molecule has 0 aliphatic rings. The Hall–Kier alpha value is -3.03. The molecule has 0 saturated carbocycles. The fraction of sp³-hybridized carbons (Fsp3) is 0.353. The highest BCUT2D eigenvalue weighted by Gasteiger charge is 2.12. The zero-order valence-electron chi connectivity index (χ0n) is 14.9. The summed E-state index contributed by atoms with van der Waals surface area (Å²) in [5.74, 6) is -0.111. The van der Waals surface area contributed by atoms with Crippen LogP contribution in [0.25, 0.3) is 0 Å². The van der Waals surface area contributed by atoms with Gasteiger partial charge in [0.05, 0.1) is 6.61 Å². The number of carboxylic acid groups (broad SMARTS) is 2.